The van der Waals surface area contributed by atoms with E-state index in [1.807, 2.05) is 0 Å². The Bertz CT molecular complexity index is 458. The first-order valence-corrected chi connectivity index (χ1v) is 9.29. The third kappa shape index (κ3) is 1.86. The summed E-state index contributed by atoms with van der Waals surface area (Å²) in [6.07, 6.45) is 13.6. The van der Waals surface area contributed by atoms with E-state index in [-0.39, 0.29) is 0 Å². The van der Waals surface area contributed by atoms with Gasteiger partial charge in [-0.2, -0.15) is 0 Å². The van der Waals surface area contributed by atoms with Crippen molar-refractivity contribution in [2.75, 3.05) is 0 Å². The minimum atomic E-state index is 0.529. The molecule has 4 fully saturated rings. The van der Waals surface area contributed by atoms with Crippen molar-refractivity contribution >= 4 is 5.71 Å². The van der Waals surface area contributed by atoms with E-state index >= 15 is 0 Å². The summed E-state index contributed by atoms with van der Waals surface area (Å²) in [4.78, 5) is 0. The molecular weight excluding hydrogens is 258 g/mol. The molecule has 2 nitrogen and oxygen atoms in total. The van der Waals surface area contributed by atoms with Crippen LogP contribution in [0.1, 0.15) is 78.1 Å². The van der Waals surface area contributed by atoms with Crippen LogP contribution < -0.4 is 0 Å². The zero-order valence-electron chi connectivity index (χ0n) is 13.8. The highest BCUT2D eigenvalue weighted by Crippen LogP contribution is 2.65. The smallest absolute Gasteiger partial charge is 0.0610 e. The van der Waals surface area contributed by atoms with E-state index in [1.54, 1.807) is 0 Å². The van der Waals surface area contributed by atoms with E-state index in [2.05, 4.69) is 19.0 Å². The topological polar surface area (TPSA) is 32.6 Å². The van der Waals surface area contributed by atoms with E-state index in [4.69, 9.17) is 0 Å². The molecule has 1 N–H and O–H groups in total. The Hall–Kier alpha value is -0.530. The molecule has 0 saturated heterocycles. The molecule has 0 aromatic heterocycles. The Morgan fingerprint density at radius 1 is 0.952 bits per heavy atom. The second-order valence-corrected chi connectivity index (χ2v) is 9.07. The molecule has 6 atom stereocenters. The molecule has 4 rings (SSSR count). The van der Waals surface area contributed by atoms with E-state index < -0.39 is 0 Å². The van der Waals surface area contributed by atoms with Crippen molar-refractivity contribution in [3.05, 3.63) is 0 Å². The van der Waals surface area contributed by atoms with Crippen LogP contribution in [-0.4, -0.2) is 10.9 Å². The summed E-state index contributed by atoms with van der Waals surface area (Å²) in [6.45, 7) is 5.10. The molecule has 0 heterocycles. The molecule has 4 aliphatic rings. The predicted octanol–water partition coefficient (Wildman–Crippen LogP) is 5.25. The lowest BCUT2D eigenvalue weighted by molar-refractivity contribution is -0.0580. The van der Waals surface area contributed by atoms with Gasteiger partial charge in [-0.25, -0.2) is 0 Å². The van der Waals surface area contributed by atoms with Crippen LogP contribution >= 0.6 is 0 Å². The van der Waals surface area contributed by atoms with Crippen LogP contribution in [-0.2, 0) is 0 Å². The van der Waals surface area contributed by atoms with Crippen molar-refractivity contribution < 1.29 is 5.21 Å². The summed E-state index contributed by atoms with van der Waals surface area (Å²) in [7, 11) is 0. The summed E-state index contributed by atoms with van der Waals surface area (Å²) in [5.41, 5.74) is 2.25. The average Bonchev–Trinajstić information content (AvgIpc) is 2.87. The molecule has 0 radical (unpaired) electrons. The maximum Gasteiger partial charge on any atom is 0.0610 e. The zero-order valence-corrected chi connectivity index (χ0v) is 13.8. The van der Waals surface area contributed by atoms with Gasteiger partial charge in [0.1, 0.15) is 0 Å². The van der Waals surface area contributed by atoms with Gasteiger partial charge in [0.05, 0.1) is 5.71 Å². The Kier molecular flexibility index (Phi) is 3.17. The Balaban J connectivity index is 1.74. The van der Waals surface area contributed by atoms with Crippen LogP contribution in [0, 0.1) is 34.5 Å². The molecule has 0 unspecified atom stereocenters. The highest BCUT2D eigenvalue weighted by atomic mass is 16.4. The first kappa shape index (κ1) is 14.1. The Morgan fingerprint density at radius 2 is 1.81 bits per heavy atom. The van der Waals surface area contributed by atoms with Gasteiger partial charge in [-0.1, -0.05) is 38.3 Å². The third-order valence-electron chi connectivity index (χ3n) is 8.32. The lowest BCUT2D eigenvalue weighted by Gasteiger charge is -2.59. The molecule has 2 heteroatoms. The van der Waals surface area contributed by atoms with Gasteiger partial charge >= 0.3 is 0 Å². The van der Waals surface area contributed by atoms with Crippen LogP contribution in [0.2, 0.25) is 0 Å². The van der Waals surface area contributed by atoms with E-state index in [0.29, 0.717) is 16.7 Å². The highest BCUT2D eigenvalue weighted by Gasteiger charge is 2.59. The summed E-state index contributed by atoms with van der Waals surface area (Å²) in [5.74, 6) is 2.96. The van der Waals surface area contributed by atoms with Gasteiger partial charge in [-0.3, -0.25) is 0 Å². The molecule has 0 amide bonds. The minimum Gasteiger partial charge on any atom is -0.411 e. The molecule has 4 saturated carbocycles. The van der Waals surface area contributed by atoms with Crippen molar-refractivity contribution in [3.8, 4) is 0 Å². The summed E-state index contributed by atoms with van der Waals surface area (Å²) < 4.78 is 0. The standard InChI is InChI=1S/C19H31NO/c1-18-9-5-7-14(18)17-15(8-11-18)19(2)10-4-3-6-13(19)12-16(17)20-21/h13-15,17,21H,3-12H2,1-2H3/b20-16-/t13-,14+,15+,17+,18+,19+/m1/s1. The van der Waals surface area contributed by atoms with Gasteiger partial charge in [0.2, 0.25) is 0 Å². The number of hydrogen-bond acceptors (Lipinski definition) is 2. The average molecular weight is 289 g/mol. The molecule has 0 aromatic rings. The largest absolute Gasteiger partial charge is 0.411 e. The molecule has 0 bridgehead atoms. The fraction of sp³-hybridized carbons (Fsp3) is 0.947. The molecule has 21 heavy (non-hydrogen) atoms. The first-order valence-electron chi connectivity index (χ1n) is 9.29. The Labute approximate surface area is 129 Å². The van der Waals surface area contributed by atoms with Gasteiger partial charge < -0.3 is 5.21 Å². The maximum atomic E-state index is 9.70. The van der Waals surface area contributed by atoms with Crippen molar-refractivity contribution in [3.63, 3.8) is 0 Å². The fourth-order valence-corrected chi connectivity index (χ4v) is 7.08. The molecular formula is C19H31NO. The Morgan fingerprint density at radius 3 is 2.62 bits per heavy atom. The number of hydrogen-bond donors (Lipinski definition) is 1. The lowest BCUT2D eigenvalue weighted by atomic mass is 9.45. The first-order chi connectivity index (χ1) is 10.1. The van der Waals surface area contributed by atoms with Gasteiger partial charge in [0, 0.05) is 5.92 Å². The molecule has 4 aliphatic carbocycles. The van der Waals surface area contributed by atoms with Gasteiger partial charge in [-0.05, 0) is 73.5 Å². The van der Waals surface area contributed by atoms with Crippen molar-refractivity contribution in [1.82, 2.24) is 0 Å². The lowest BCUT2D eigenvalue weighted by Crippen LogP contribution is -2.55. The van der Waals surface area contributed by atoms with Crippen LogP contribution in [0.25, 0.3) is 0 Å². The molecule has 0 aliphatic heterocycles. The quantitative estimate of drug-likeness (QED) is 0.479. The normalized spacial score (nSPS) is 54.9. The summed E-state index contributed by atoms with van der Waals surface area (Å²) >= 11 is 0. The minimum absolute atomic E-state index is 0.529. The van der Waals surface area contributed by atoms with Crippen LogP contribution in [0.4, 0.5) is 0 Å². The molecule has 0 aromatic carbocycles. The number of oxime groups is 1. The SMILES string of the molecule is C[C@@]12CCC[C@H]1[C@@H]1/C(=N\O)C[C@H]3CCCC[C@]3(C)[C@H]1CC2. The van der Waals surface area contributed by atoms with E-state index in [9.17, 15) is 5.21 Å². The van der Waals surface area contributed by atoms with Crippen LogP contribution in [0.3, 0.4) is 0 Å². The second kappa shape index (κ2) is 4.73. The monoisotopic (exact) mass is 289 g/mol. The fourth-order valence-electron chi connectivity index (χ4n) is 7.08. The molecule has 118 valence electrons. The van der Waals surface area contributed by atoms with Gasteiger partial charge in [0.15, 0.2) is 0 Å². The zero-order chi connectivity index (χ0) is 14.7. The second-order valence-electron chi connectivity index (χ2n) is 9.07. The van der Waals surface area contributed by atoms with Gasteiger partial charge in [0.25, 0.3) is 0 Å². The van der Waals surface area contributed by atoms with Crippen molar-refractivity contribution in [2.45, 2.75) is 78.1 Å². The third-order valence-corrected chi connectivity index (χ3v) is 8.32. The highest BCUT2D eigenvalue weighted by molar-refractivity contribution is 5.88. The number of nitrogens with zero attached hydrogens (tertiary/aromatic N) is 1. The van der Waals surface area contributed by atoms with Crippen LogP contribution in [0.15, 0.2) is 5.16 Å². The van der Waals surface area contributed by atoms with Crippen LogP contribution in [0.5, 0.6) is 0 Å². The maximum absolute atomic E-state index is 9.70. The van der Waals surface area contributed by atoms with Gasteiger partial charge in [-0.15, -0.1) is 0 Å². The summed E-state index contributed by atoms with van der Waals surface area (Å²) in [5, 5.41) is 13.6. The van der Waals surface area contributed by atoms with Crippen molar-refractivity contribution in [2.24, 2.45) is 39.7 Å². The number of rotatable bonds is 0. The summed E-state index contributed by atoms with van der Waals surface area (Å²) in [6, 6.07) is 0. The van der Waals surface area contributed by atoms with E-state index in [1.165, 1.54) is 63.5 Å². The number of fused-ring (bicyclic) bond motifs is 5. The molecule has 0 spiro atoms. The predicted molar refractivity (Wildman–Crippen MR) is 85.6 cm³/mol. The van der Waals surface area contributed by atoms with E-state index in [0.717, 1.165) is 24.2 Å². The van der Waals surface area contributed by atoms with Crippen molar-refractivity contribution in [1.29, 1.82) is 0 Å².